The number of hydrogen-bond donors (Lipinski definition) is 1. The Hall–Kier alpha value is -0.730. The van der Waals surface area contributed by atoms with Crippen molar-refractivity contribution < 1.29 is 0 Å². The number of rotatable bonds is 6. The SMILES string of the molecule is CCCNC(Cc1ccccc1Cl)c1cc(Cl)ccc1Cl. The molecule has 0 amide bonds. The van der Waals surface area contributed by atoms with Crippen molar-refractivity contribution in [2.24, 2.45) is 0 Å². The van der Waals surface area contributed by atoms with Gasteiger partial charge in [0.15, 0.2) is 0 Å². The van der Waals surface area contributed by atoms with E-state index in [1.54, 1.807) is 6.07 Å². The van der Waals surface area contributed by atoms with Gasteiger partial charge in [-0.2, -0.15) is 0 Å². The minimum Gasteiger partial charge on any atom is -0.310 e. The van der Waals surface area contributed by atoms with Gasteiger partial charge >= 0.3 is 0 Å². The van der Waals surface area contributed by atoms with Crippen molar-refractivity contribution in [2.75, 3.05) is 6.54 Å². The van der Waals surface area contributed by atoms with Gasteiger partial charge in [0.2, 0.25) is 0 Å². The second-order valence-corrected chi connectivity index (χ2v) is 6.22. The van der Waals surface area contributed by atoms with Crippen LogP contribution in [0.15, 0.2) is 42.5 Å². The van der Waals surface area contributed by atoms with E-state index in [2.05, 4.69) is 12.2 Å². The lowest BCUT2D eigenvalue weighted by molar-refractivity contribution is 0.529. The summed E-state index contributed by atoms with van der Waals surface area (Å²) in [6, 6.07) is 13.6. The quantitative estimate of drug-likeness (QED) is 0.686. The molecule has 0 bridgehead atoms. The van der Waals surface area contributed by atoms with Crippen molar-refractivity contribution in [1.29, 1.82) is 0 Å². The van der Waals surface area contributed by atoms with Crippen LogP contribution in [0.3, 0.4) is 0 Å². The molecular formula is C17H18Cl3N. The maximum atomic E-state index is 6.34. The van der Waals surface area contributed by atoms with Crippen molar-refractivity contribution in [3.05, 3.63) is 68.7 Å². The molecule has 0 aliphatic carbocycles. The zero-order valence-corrected chi connectivity index (χ0v) is 14.1. The summed E-state index contributed by atoms with van der Waals surface area (Å²) in [7, 11) is 0. The maximum Gasteiger partial charge on any atom is 0.0454 e. The first-order chi connectivity index (χ1) is 10.1. The van der Waals surface area contributed by atoms with Crippen molar-refractivity contribution in [2.45, 2.75) is 25.8 Å². The van der Waals surface area contributed by atoms with Gasteiger partial charge in [-0.15, -0.1) is 0 Å². The van der Waals surface area contributed by atoms with E-state index in [0.29, 0.717) is 5.02 Å². The van der Waals surface area contributed by atoms with Crippen molar-refractivity contribution in [3.8, 4) is 0 Å². The number of benzene rings is 2. The molecule has 0 saturated heterocycles. The summed E-state index contributed by atoms with van der Waals surface area (Å²) in [5.41, 5.74) is 2.11. The Kier molecular flexibility index (Phi) is 6.38. The van der Waals surface area contributed by atoms with Crippen LogP contribution in [0.2, 0.25) is 15.1 Å². The van der Waals surface area contributed by atoms with Gasteiger partial charge in [-0.1, -0.05) is 59.9 Å². The number of halogens is 3. The molecule has 1 N–H and O–H groups in total. The number of hydrogen-bond acceptors (Lipinski definition) is 1. The molecule has 2 aromatic carbocycles. The summed E-state index contributed by atoms with van der Waals surface area (Å²) in [4.78, 5) is 0. The fourth-order valence-corrected chi connectivity index (χ4v) is 2.92. The molecule has 0 aliphatic rings. The van der Waals surface area contributed by atoms with E-state index in [1.807, 2.05) is 36.4 Å². The monoisotopic (exact) mass is 341 g/mol. The number of nitrogens with one attached hydrogen (secondary N) is 1. The molecule has 2 rings (SSSR count). The highest BCUT2D eigenvalue weighted by Gasteiger charge is 2.16. The highest BCUT2D eigenvalue weighted by Crippen LogP contribution is 2.30. The smallest absolute Gasteiger partial charge is 0.0454 e. The Labute approximate surface area is 141 Å². The molecule has 2 aromatic rings. The van der Waals surface area contributed by atoms with Crippen molar-refractivity contribution in [3.63, 3.8) is 0 Å². The fourth-order valence-electron chi connectivity index (χ4n) is 2.28. The molecule has 21 heavy (non-hydrogen) atoms. The van der Waals surface area contributed by atoms with Crippen molar-refractivity contribution >= 4 is 34.8 Å². The minimum absolute atomic E-state index is 0.0936. The van der Waals surface area contributed by atoms with E-state index in [4.69, 9.17) is 34.8 Å². The first-order valence-corrected chi connectivity index (χ1v) is 8.17. The predicted molar refractivity (Wildman–Crippen MR) is 92.7 cm³/mol. The van der Waals surface area contributed by atoms with Crippen LogP contribution in [0.25, 0.3) is 0 Å². The molecule has 0 heterocycles. The zero-order valence-electron chi connectivity index (χ0n) is 11.9. The molecule has 0 fully saturated rings. The van der Waals surface area contributed by atoms with Crippen LogP contribution in [-0.4, -0.2) is 6.54 Å². The van der Waals surface area contributed by atoms with Gasteiger partial charge in [-0.25, -0.2) is 0 Å². The van der Waals surface area contributed by atoms with Crippen LogP contribution in [0.1, 0.15) is 30.5 Å². The Bertz CT molecular complexity index is 598. The fraction of sp³-hybridized carbons (Fsp3) is 0.294. The lowest BCUT2D eigenvalue weighted by atomic mass is 9.98. The molecule has 1 nitrogen and oxygen atoms in total. The van der Waals surface area contributed by atoms with Crippen LogP contribution in [0.4, 0.5) is 0 Å². The van der Waals surface area contributed by atoms with Gasteiger partial charge in [0, 0.05) is 21.1 Å². The average molecular weight is 343 g/mol. The van der Waals surface area contributed by atoms with Gasteiger partial charge in [0.1, 0.15) is 0 Å². The van der Waals surface area contributed by atoms with Gasteiger partial charge in [0.25, 0.3) is 0 Å². The maximum absolute atomic E-state index is 6.34. The highest BCUT2D eigenvalue weighted by molar-refractivity contribution is 6.33. The Balaban J connectivity index is 2.30. The normalized spacial score (nSPS) is 12.4. The molecule has 0 radical (unpaired) electrons. The third kappa shape index (κ3) is 4.62. The topological polar surface area (TPSA) is 12.0 Å². The molecular weight excluding hydrogens is 325 g/mol. The predicted octanol–water partition coefficient (Wildman–Crippen LogP) is 5.93. The standard InChI is InChI=1S/C17H18Cl3N/c1-2-9-21-17(10-12-5-3-4-6-15(12)19)14-11-13(18)7-8-16(14)20/h3-8,11,17,21H,2,9-10H2,1H3. The third-order valence-corrected chi connectivity index (χ3v) is 4.30. The summed E-state index contributed by atoms with van der Waals surface area (Å²) >= 11 is 18.7. The summed E-state index contributed by atoms with van der Waals surface area (Å²) < 4.78 is 0. The second kappa shape index (κ2) is 8.05. The van der Waals surface area contributed by atoms with Crippen LogP contribution in [-0.2, 0) is 6.42 Å². The molecule has 1 unspecified atom stereocenters. The molecule has 0 saturated carbocycles. The van der Waals surface area contributed by atoms with Crippen LogP contribution in [0.5, 0.6) is 0 Å². The van der Waals surface area contributed by atoms with E-state index in [9.17, 15) is 0 Å². The van der Waals surface area contributed by atoms with Crippen molar-refractivity contribution in [1.82, 2.24) is 5.32 Å². The molecule has 4 heteroatoms. The van der Waals surface area contributed by atoms with Crippen LogP contribution >= 0.6 is 34.8 Å². The van der Waals surface area contributed by atoms with Gasteiger partial charge in [-0.05, 0) is 54.8 Å². The summed E-state index contributed by atoms with van der Waals surface area (Å²) in [5, 5.41) is 5.72. The second-order valence-electron chi connectivity index (χ2n) is 4.97. The average Bonchev–Trinajstić information content (AvgIpc) is 2.48. The Morgan fingerprint density at radius 1 is 1.00 bits per heavy atom. The van der Waals surface area contributed by atoms with E-state index in [-0.39, 0.29) is 6.04 Å². The first-order valence-electron chi connectivity index (χ1n) is 7.03. The van der Waals surface area contributed by atoms with Crippen LogP contribution in [0, 0.1) is 0 Å². The highest BCUT2D eigenvalue weighted by atomic mass is 35.5. The lowest BCUT2D eigenvalue weighted by Gasteiger charge is -2.21. The van der Waals surface area contributed by atoms with Gasteiger partial charge in [-0.3, -0.25) is 0 Å². The van der Waals surface area contributed by atoms with Crippen LogP contribution < -0.4 is 5.32 Å². The largest absolute Gasteiger partial charge is 0.310 e. The Morgan fingerprint density at radius 3 is 2.48 bits per heavy atom. The molecule has 112 valence electrons. The first kappa shape index (κ1) is 16.6. The van der Waals surface area contributed by atoms with E-state index in [0.717, 1.165) is 40.6 Å². The minimum atomic E-state index is 0.0936. The summed E-state index contributed by atoms with van der Waals surface area (Å²) in [6.45, 7) is 3.05. The summed E-state index contributed by atoms with van der Waals surface area (Å²) in [6.07, 6.45) is 1.83. The lowest BCUT2D eigenvalue weighted by Crippen LogP contribution is -2.24. The van der Waals surface area contributed by atoms with E-state index >= 15 is 0 Å². The molecule has 1 atom stereocenters. The Morgan fingerprint density at radius 2 is 1.76 bits per heavy atom. The molecule has 0 aromatic heterocycles. The van der Waals surface area contributed by atoms with E-state index in [1.165, 1.54) is 0 Å². The van der Waals surface area contributed by atoms with E-state index < -0.39 is 0 Å². The summed E-state index contributed by atoms with van der Waals surface area (Å²) in [5.74, 6) is 0. The van der Waals surface area contributed by atoms with Gasteiger partial charge in [0.05, 0.1) is 0 Å². The third-order valence-electron chi connectivity index (χ3n) is 3.36. The van der Waals surface area contributed by atoms with Gasteiger partial charge < -0.3 is 5.32 Å². The zero-order chi connectivity index (χ0) is 15.2. The molecule has 0 aliphatic heterocycles. The molecule has 0 spiro atoms.